The summed E-state index contributed by atoms with van der Waals surface area (Å²) in [5, 5.41) is 1.17. The van der Waals surface area contributed by atoms with Gasteiger partial charge in [0.25, 0.3) is 0 Å². The fourth-order valence-electron chi connectivity index (χ4n) is 6.72. The number of para-hydroxylation sites is 2. The number of nitrogens with one attached hydrogen (secondary N) is 1. The first-order valence-electron chi connectivity index (χ1n) is 17.1. The molecule has 0 spiro atoms. The van der Waals surface area contributed by atoms with Gasteiger partial charge in [0.2, 0.25) is 10.9 Å². The first-order valence-corrected chi connectivity index (χ1v) is 17.1. The van der Waals surface area contributed by atoms with Crippen molar-refractivity contribution in [3.63, 3.8) is 0 Å². The molecule has 1 N–H and O–H groups in total. The predicted octanol–water partition coefficient (Wildman–Crippen LogP) is 8.81. The number of aromatic amines is 1. The maximum Gasteiger partial charge on any atom is 0.200 e. The first-order chi connectivity index (χ1) is 23.6. The van der Waals surface area contributed by atoms with Crippen molar-refractivity contribution < 1.29 is 9.59 Å². The van der Waals surface area contributed by atoms with E-state index in [1.165, 1.54) is 38.3 Å². The van der Waals surface area contributed by atoms with Gasteiger partial charge in [-0.2, -0.15) is 0 Å². The van der Waals surface area contributed by atoms with Crippen molar-refractivity contribution >= 4 is 33.4 Å². The summed E-state index contributed by atoms with van der Waals surface area (Å²) in [5.74, 6) is 0.186. The number of aryl methyl sites for hydroxylation is 4. The SMILES string of the molecule is Cc1ccc(C(=O)c2c[nH]c3ccccc3c2=O)cc1C.Cc1ccc(C(=O)c2cn(CC3CCCCC3)c3ccccc3c2=O)cc1C. The number of carbonyl (C=O) groups is 2. The number of hydrogen-bond donors (Lipinski definition) is 1. The van der Waals surface area contributed by atoms with E-state index in [1.54, 1.807) is 24.4 Å². The number of pyridine rings is 2. The summed E-state index contributed by atoms with van der Waals surface area (Å²) in [6, 6.07) is 26.0. The van der Waals surface area contributed by atoms with E-state index in [0.717, 1.165) is 39.8 Å². The van der Waals surface area contributed by atoms with Crippen LogP contribution in [0.3, 0.4) is 0 Å². The fourth-order valence-corrected chi connectivity index (χ4v) is 6.72. The van der Waals surface area contributed by atoms with Gasteiger partial charge >= 0.3 is 0 Å². The predicted molar refractivity (Wildman–Crippen MR) is 198 cm³/mol. The molecule has 4 aromatic carbocycles. The number of carbonyl (C=O) groups excluding carboxylic acids is 2. The summed E-state index contributed by atoms with van der Waals surface area (Å²) in [6.45, 7) is 8.84. The first kappa shape index (κ1) is 33.5. The molecule has 0 bridgehead atoms. The monoisotopic (exact) mass is 650 g/mol. The van der Waals surface area contributed by atoms with Gasteiger partial charge in [-0.05, 0) is 105 Å². The van der Waals surface area contributed by atoms with Crippen molar-refractivity contribution in [2.45, 2.75) is 66.3 Å². The smallest absolute Gasteiger partial charge is 0.200 e. The van der Waals surface area contributed by atoms with Gasteiger partial charge < -0.3 is 9.55 Å². The van der Waals surface area contributed by atoms with E-state index < -0.39 is 0 Å². The molecular formula is C43H42N2O4. The van der Waals surface area contributed by atoms with Crippen LogP contribution in [-0.4, -0.2) is 21.1 Å². The highest BCUT2D eigenvalue weighted by molar-refractivity contribution is 6.11. The van der Waals surface area contributed by atoms with E-state index in [0.29, 0.717) is 27.8 Å². The second-order valence-electron chi connectivity index (χ2n) is 13.4. The molecule has 1 fully saturated rings. The van der Waals surface area contributed by atoms with Crippen LogP contribution in [0.1, 0.15) is 86.2 Å². The molecule has 1 aliphatic carbocycles. The zero-order chi connectivity index (χ0) is 34.7. The second-order valence-corrected chi connectivity index (χ2v) is 13.4. The molecule has 1 saturated carbocycles. The zero-order valence-corrected chi connectivity index (χ0v) is 28.6. The highest BCUT2D eigenvalue weighted by Gasteiger charge is 2.20. The van der Waals surface area contributed by atoms with Gasteiger partial charge in [0.1, 0.15) is 0 Å². The van der Waals surface area contributed by atoms with E-state index >= 15 is 0 Å². The highest BCUT2D eigenvalue weighted by atomic mass is 16.1. The Hall–Kier alpha value is -5.36. The molecule has 49 heavy (non-hydrogen) atoms. The number of ketones is 2. The zero-order valence-electron chi connectivity index (χ0n) is 28.6. The minimum atomic E-state index is -0.245. The van der Waals surface area contributed by atoms with Crippen molar-refractivity contribution in [2.75, 3.05) is 0 Å². The average molecular weight is 651 g/mol. The molecular weight excluding hydrogens is 608 g/mol. The Kier molecular flexibility index (Phi) is 9.86. The summed E-state index contributed by atoms with van der Waals surface area (Å²) in [7, 11) is 0. The lowest BCUT2D eigenvalue weighted by atomic mass is 9.89. The molecule has 2 heterocycles. The molecule has 0 saturated heterocycles. The van der Waals surface area contributed by atoms with E-state index in [9.17, 15) is 19.2 Å². The molecule has 6 aromatic rings. The maximum atomic E-state index is 13.2. The van der Waals surface area contributed by atoms with Gasteiger partial charge in [0.05, 0.1) is 16.6 Å². The molecule has 2 aromatic heterocycles. The van der Waals surface area contributed by atoms with Crippen LogP contribution in [-0.2, 0) is 6.54 Å². The van der Waals surface area contributed by atoms with Crippen LogP contribution in [0, 0.1) is 33.6 Å². The van der Waals surface area contributed by atoms with Crippen LogP contribution in [0.15, 0.2) is 107 Å². The Morgan fingerprint density at radius 3 is 1.84 bits per heavy atom. The van der Waals surface area contributed by atoms with E-state index in [4.69, 9.17) is 0 Å². The summed E-state index contributed by atoms with van der Waals surface area (Å²) in [5.41, 5.74) is 7.21. The highest BCUT2D eigenvalue weighted by Crippen LogP contribution is 2.27. The molecule has 7 rings (SSSR count). The van der Waals surface area contributed by atoms with Crippen molar-refractivity contribution in [3.8, 4) is 0 Å². The lowest BCUT2D eigenvalue weighted by Gasteiger charge is -2.24. The molecule has 0 radical (unpaired) electrons. The molecule has 248 valence electrons. The topological polar surface area (TPSA) is 89.0 Å². The molecule has 0 amide bonds. The van der Waals surface area contributed by atoms with Gasteiger partial charge in [-0.1, -0.05) is 67.8 Å². The number of nitrogens with zero attached hydrogens (tertiary/aromatic N) is 1. The summed E-state index contributed by atoms with van der Waals surface area (Å²) >= 11 is 0. The Balaban J connectivity index is 0.000000177. The number of hydrogen-bond acceptors (Lipinski definition) is 4. The third-order valence-corrected chi connectivity index (χ3v) is 9.98. The summed E-state index contributed by atoms with van der Waals surface area (Å²) < 4.78 is 2.14. The minimum Gasteiger partial charge on any atom is -0.360 e. The summed E-state index contributed by atoms with van der Waals surface area (Å²) in [4.78, 5) is 54.3. The molecule has 0 unspecified atom stereocenters. The van der Waals surface area contributed by atoms with Crippen molar-refractivity contribution in [3.05, 3.63) is 162 Å². The van der Waals surface area contributed by atoms with Crippen molar-refractivity contribution in [2.24, 2.45) is 5.92 Å². The number of rotatable bonds is 6. The quantitative estimate of drug-likeness (QED) is 0.183. The van der Waals surface area contributed by atoms with E-state index in [1.807, 2.05) is 94.4 Å². The lowest BCUT2D eigenvalue weighted by molar-refractivity contribution is 0.102. The average Bonchev–Trinajstić information content (AvgIpc) is 3.12. The van der Waals surface area contributed by atoms with Crippen LogP contribution in [0.25, 0.3) is 21.8 Å². The normalized spacial score (nSPS) is 13.2. The minimum absolute atomic E-state index is 0.168. The van der Waals surface area contributed by atoms with Crippen LogP contribution >= 0.6 is 0 Å². The molecule has 0 atom stereocenters. The fraction of sp³-hybridized carbons (Fsp3) is 0.256. The summed E-state index contributed by atoms with van der Waals surface area (Å²) in [6.07, 6.45) is 9.62. The molecule has 0 aliphatic heterocycles. The maximum absolute atomic E-state index is 13.2. The van der Waals surface area contributed by atoms with Gasteiger partial charge in [-0.15, -0.1) is 0 Å². The Morgan fingerprint density at radius 1 is 0.653 bits per heavy atom. The lowest BCUT2D eigenvalue weighted by Crippen LogP contribution is -2.22. The Morgan fingerprint density at radius 2 is 1.20 bits per heavy atom. The van der Waals surface area contributed by atoms with Crippen molar-refractivity contribution in [1.29, 1.82) is 0 Å². The van der Waals surface area contributed by atoms with Crippen LogP contribution < -0.4 is 10.9 Å². The van der Waals surface area contributed by atoms with Crippen LogP contribution in [0.5, 0.6) is 0 Å². The van der Waals surface area contributed by atoms with Crippen molar-refractivity contribution in [1.82, 2.24) is 9.55 Å². The largest absolute Gasteiger partial charge is 0.360 e. The molecule has 6 heteroatoms. The van der Waals surface area contributed by atoms with E-state index in [-0.39, 0.29) is 33.6 Å². The number of aromatic nitrogens is 2. The number of benzene rings is 4. The second kappa shape index (κ2) is 14.4. The van der Waals surface area contributed by atoms with Gasteiger partial charge in [0.15, 0.2) is 11.6 Å². The van der Waals surface area contributed by atoms with Crippen LogP contribution in [0.2, 0.25) is 0 Å². The Bertz CT molecular complexity index is 2320. The third kappa shape index (κ3) is 7.09. The van der Waals surface area contributed by atoms with Gasteiger partial charge in [0, 0.05) is 46.4 Å². The molecule has 6 nitrogen and oxygen atoms in total. The molecule has 1 aliphatic rings. The van der Waals surface area contributed by atoms with E-state index in [2.05, 4.69) is 9.55 Å². The third-order valence-electron chi connectivity index (χ3n) is 9.98. The Labute approximate surface area is 286 Å². The number of fused-ring (bicyclic) bond motifs is 2. The van der Waals surface area contributed by atoms with Gasteiger partial charge in [-0.25, -0.2) is 0 Å². The standard InChI is InChI=1S/C25H27NO2.C18H15NO2/c1-17-12-13-20(14-18(17)2)24(27)22-16-26(15-19-8-4-3-5-9-19)23-11-7-6-10-21(23)25(22)28;1-11-7-8-13(9-12(11)2)17(20)15-10-19-16-6-4-3-5-14(16)18(15)21/h6-7,10-14,16,19H,3-5,8-9,15H2,1-2H3;3-10H,1-2H3,(H,19,21). The number of H-pyrrole nitrogens is 1. The van der Waals surface area contributed by atoms with Crippen LogP contribution in [0.4, 0.5) is 0 Å². The van der Waals surface area contributed by atoms with Gasteiger partial charge in [-0.3, -0.25) is 19.2 Å².